The van der Waals surface area contributed by atoms with Crippen molar-refractivity contribution in [3.8, 4) is 22.9 Å². The molecule has 4 aromatic rings. The van der Waals surface area contributed by atoms with Crippen LogP contribution in [0.25, 0.3) is 17.1 Å². The Bertz CT molecular complexity index is 1110. The number of hydrogen-bond acceptors (Lipinski definition) is 7. The zero-order valence-corrected chi connectivity index (χ0v) is 15.9. The van der Waals surface area contributed by atoms with E-state index in [1.54, 1.807) is 17.8 Å². The third kappa shape index (κ3) is 3.86. The van der Waals surface area contributed by atoms with Crippen molar-refractivity contribution in [3.63, 3.8) is 0 Å². The van der Waals surface area contributed by atoms with Crippen LogP contribution in [0.3, 0.4) is 0 Å². The fraction of sp³-hybridized carbons (Fsp3) is 0.143. The second-order valence-electron chi connectivity index (χ2n) is 6.19. The topological polar surface area (TPSA) is 92.3 Å². The second-order valence-corrected chi connectivity index (χ2v) is 6.19. The molecule has 0 aliphatic heterocycles. The summed E-state index contributed by atoms with van der Waals surface area (Å²) in [5.41, 5.74) is 1.64. The first kappa shape index (κ1) is 18.4. The van der Waals surface area contributed by atoms with Crippen LogP contribution in [0.15, 0.2) is 71.3 Å². The summed E-state index contributed by atoms with van der Waals surface area (Å²) < 4.78 is 18.0. The van der Waals surface area contributed by atoms with E-state index in [1.807, 2.05) is 60.7 Å². The summed E-state index contributed by atoms with van der Waals surface area (Å²) >= 11 is 0. The lowest BCUT2D eigenvalue weighted by atomic mass is 10.2. The van der Waals surface area contributed by atoms with Crippen molar-refractivity contribution >= 4 is 5.97 Å². The first-order valence-corrected chi connectivity index (χ1v) is 8.94. The highest BCUT2D eigenvalue weighted by Gasteiger charge is 2.25. The predicted octanol–water partition coefficient (Wildman–Crippen LogP) is 3.85. The molecule has 8 heteroatoms. The predicted molar refractivity (Wildman–Crippen MR) is 104 cm³/mol. The molecule has 146 valence electrons. The number of nitrogens with zero attached hydrogens (tertiary/aromatic N) is 4. The van der Waals surface area contributed by atoms with Gasteiger partial charge in [0.25, 0.3) is 5.89 Å². The molecule has 0 radical (unpaired) electrons. The van der Waals surface area contributed by atoms with Crippen LogP contribution in [0.5, 0.6) is 5.75 Å². The monoisotopic (exact) mass is 390 g/mol. The third-order valence-electron chi connectivity index (χ3n) is 4.21. The van der Waals surface area contributed by atoms with Gasteiger partial charge in [-0.1, -0.05) is 36.4 Å². The van der Waals surface area contributed by atoms with E-state index in [0.717, 1.165) is 11.3 Å². The van der Waals surface area contributed by atoms with Crippen LogP contribution < -0.4 is 4.74 Å². The smallest absolute Gasteiger partial charge is 0.363 e. The normalized spacial score (nSPS) is 11.8. The fourth-order valence-corrected chi connectivity index (χ4v) is 2.72. The van der Waals surface area contributed by atoms with Crippen molar-refractivity contribution in [3.05, 3.63) is 78.4 Å². The number of aromatic nitrogens is 4. The molecule has 0 unspecified atom stereocenters. The summed E-state index contributed by atoms with van der Waals surface area (Å²) in [4.78, 5) is 12.7. The summed E-state index contributed by atoms with van der Waals surface area (Å²) in [6, 6.07) is 18.7. The minimum absolute atomic E-state index is 0.0611. The maximum atomic E-state index is 12.7. The Labute approximate surface area is 166 Å². The molecule has 0 amide bonds. The van der Waals surface area contributed by atoms with Crippen molar-refractivity contribution in [1.82, 2.24) is 20.0 Å². The highest BCUT2D eigenvalue weighted by molar-refractivity contribution is 5.90. The van der Waals surface area contributed by atoms with E-state index >= 15 is 0 Å². The average molecular weight is 390 g/mol. The van der Waals surface area contributed by atoms with E-state index in [2.05, 4.69) is 15.3 Å². The number of para-hydroxylation sites is 1. The van der Waals surface area contributed by atoms with Crippen molar-refractivity contribution in [2.45, 2.75) is 13.0 Å². The molecule has 0 bridgehead atoms. The largest absolute Gasteiger partial charge is 0.493 e. The van der Waals surface area contributed by atoms with E-state index in [1.165, 1.54) is 7.11 Å². The van der Waals surface area contributed by atoms with Crippen LogP contribution in [-0.4, -0.2) is 33.1 Å². The molecule has 2 aromatic carbocycles. The molecule has 2 aromatic heterocycles. The summed E-state index contributed by atoms with van der Waals surface area (Å²) in [5.74, 6) is 0.207. The summed E-state index contributed by atoms with van der Waals surface area (Å²) in [6.07, 6.45) is 0.871. The number of methoxy groups -OCH3 is 1. The Kier molecular flexibility index (Phi) is 5.07. The summed E-state index contributed by atoms with van der Waals surface area (Å²) in [5, 5.41) is 12.3. The molecule has 2 heterocycles. The number of rotatable bonds is 6. The van der Waals surface area contributed by atoms with Gasteiger partial charge in [0.2, 0.25) is 11.6 Å². The van der Waals surface area contributed by atoms with Gasteiger partial charge < -0.3 is 13.9 Å². The Morgan fingerprint density at radius 3 is 2.41 bits per heavy atom. The summed E-state index contributed by atoms with van der Waals surface area (Å²) in [7, 11) is 1.47. The molecule has 8 nitrogen and oxygen atoms in total. The highest BCUT2D eigenvalue weighted by atomic mass is 16.6. The first-order chi connectivity index (χ1) is 14.2. The first-order valence-electron chi connectivity index (χ1n) is 8.94. The molecular weight excluding hydrogens is 372 g/mol. The molecule has 0 saturated heterocycles. The molecule has 0 N–H and O–H groups in total. The van der Waals surface area contributed by atoms with Gasteiger partial charge in [-0.25, -0.2) is 9.48 Å². The number of benzene rings is 2. The standard InChI is InChI=1S/C21H18N4O4/c1-14(19-22-23-20(29-19)15-9-5-3-6-10-15)28-21(26)18-17(27-2)13-25(24-18)16-11-7-4-8-12-16/h3-14H,1-2H3/t14-/m0/s1. The van der Waals surface area contributed by atoms with Gasteiger partial charge in [-0.05, 0) is 31.2 Å². The maximum absolute atomic E-state index is 12.7. The van der Waals surface area contributed by atoms with Crippen molar-refractivity contribution in [2.24, 2.45) is 0 Å². The van der Waals surface area contributed by atoms with Crippen LogP contribution in [0, 0.1) is 0 Å². The number of hydrogen-bond donors (Lipinski definition) is 0. The summed E-state index contributed by atoms with van der Waals surface area (Å²) in [6.45, 7) is 1.65. The molecule has 4 rings (SSSR count). The second kappa shape index (κ2) is 7.97. The Morgan fingerprint density at radius 1 is 1.03 bits per heavy atom. The number of carbonyl (C=O) groups is 1. The third-order valence-corrected chi connectivity index (χ3v) is 4.21. The van der Waals surface area contributed by atoms with E-state index < -0.39 is 12.1 Å². The van der Waals surface area contributed by atoms with E-state index in [0.29, 0.717) is 11.6 Å². The molecule has 0 spiro atoms. The lowest BCUT2D eigenvalue weighted by molar-refractivity contribution is 0.0269. The molecule has 29 heavy (non-hydrogen) atoms. The Morgan fingerprint density at radius 2 is 1.72 bits per heavy atom. The van der Waals surface area contributed by atoms with Crippen LogP contribution in [0.4, 0.5) is 0 Å². The minimum atomic E-state index is -0.751. The lowest BCUT2D eigenvalue weighted by Gasteiger charge is -2.08. The number of carbonyl (C=O) groups excluding carboxylic acids is 1. The zero-order valence-electron chi connectivity index (χ0n) is 15.9. The molecule has 0 saturated carbocycles. The van der Waals surface area contributed by atoms with E-state index in [-0.39, 0.29) is 11.6 Å². The van der Waals surface area contributed by atoms with Gasteiger partial charge in [0, 0.05) is 5.56 Å². The molecule has 0 fully saturated rings. The van der Waals surface area contributed by atoms with Crippen LogP contribution in [-0.2, 0) is 4.74 Å². The van der Waals surface area contributed by atoms with Gasteiger partial charge in [0.05, 0.1) is 19.0 Å². The Hall–Kier alpha value is -3.94. The highest BCUT2D eigenvalue weighted by Crippen LogP contribution is 2.25. The lowest BCUT2D eigenvalue weighted by Crippen LogP contribution is -2.11. The zero-order chi connectivity index (χ0) is 20.2. The van der Waals surface area contributed by atoms with Crippen molar-refractivity contribution in [1.29, 1.82) is 0 Å². The van der Waals surface area contributed by atoms with Crippen molar-refractivity contribution in [2.75, 3.05) is 7.11 Å². The van der Waals surface area contributed by atoms with Crippen LogP contribution in [0.1, 0.15) is 29.4 Å². The SMILES string of the molecule is COc1cn(-c2ccccc2)nc1C(=O)O[C@@H](C)c1nnc(-c2ccccc2)o1. The molecule has 1 atom stereocenters. The minimum Gasteiger partial charge on any atom is -0.493 e. The van der Waals surface area contributed by atoms with Crippen molar-refractivity contribution < 1.29 is 18.7 Å². The van der Waals surface area contributed by atoms with Gasteiger partial charge in [0.1, 0.15) is 0 Å². The molecular formula is C21H18N4O4. The van der Waals surface area contributed by atoms with Gasteiger partial charge >= 0.3 is 5.97 Å². The van der Waals surface area contributed by atoms with Gasteiger partial charge in [0.15, 0.2) is 11.9 Å². The number of esters is 1. The average Bonchev–Trinajstić information content (AvgIpc) is 3.43. The van der Waals surface area contributed by atoms with E-state index in [9.17, 15) is 4.79 Å². The number of ether oxygens (including phenoxy) is 2. The fourth-order valence-electron chi connectivity index (χ4n) is 2.72. The van der Waals surface area contributed by atoms with E-state index in [4.69, 9.17) is 13.9 Å². The van der Waals surface area contributed by atoms with Crippen LogP contribution >= 0.6 is 0 Å². The van der Waals surface area contributed by atoms with Crippen LogP contribution in [0.2, 0.25) is 0 Å². The molecule has 0 aliphatic rings. The van der Waals surface area contributed by atoms with Gasteiger partial charge in [-0.2, -0.15) is 5.10 Å². The van der Waals surface area contributed by atoms with Gasteiger partial charge in [-0.15, -0.1) is 10.2 Å². The molecule has 0 aliphatic carbocycles. The maximum Gasteiger partial charge on any atom is 0.363 e. The quantitative estimate of drug-likeness (QED) is 0.462. The Balaban J connectivity index is 1.52. The van der Waals surface area contributed by atoms with Gasteiger partial charge in [-0.3, -0.25) is 0 Å².